The van der Waals surface area contributed by atoms with E-state index in [9.17, 15) is 0 Å². The molecule has 0 atom stereocenters. The summed E-state index contributed by atoms with van der Waals surface area (Å²) in [6, 6.07) is 14.6. The largest absolute Gasteiger partial charge is 0.362 e. The number of hydrogen-bond acceptors (Lipinski definition) is 1. The normalized spacial score (nSPS) is 10.8. The highest BCUT2D eigenvalue weighted by Crippen LogP contribution is 2.22. The maximum Gasteiger partial charge on any atom is 0.170 e. The first-order chi connectivity index (χ1) is 12.3. The number of unbranched alkanes of at least 4 members (excludes halogenated alkanes) is 8. The van der Waals surface area contributed by atoms with Gasteiger partial charge in [-0.15, -0.1) is 0 Å². The third-order valence-electron chi connectivity index (χ3n) is 4.60. The Kier molecular flexibility index (Phi) is 9.35. The summed E-state index contributed by atoms with van der Waals surface area (Å²) in [6.07, 6.45) is 12.1. The van der Waals surface area contributed by atoms with Gasteiger partial charge in [-0.3, -0.25) is 0 Å². The average Bonchev–Trinajstić information content (AvgIpc) is 2.63. The second-order valence-electron chi connectivity index (χ2n) is 6.74. The minimum atomic E-state index is 0.718. The monoisotopic (exact) mass is 356 g/mol. The lowest BCUT2D eigenvalue weighted by Crippen LogP contribution is -2.29. The second kappa shape index (κ2) is 11.9. The number of hydrogen-bond donors (Lipinski definition) is 2. The van der Waals surface area contributed by atoms with Gasteiger partial charge in [0.05, 0.1) is 0 Å². The van der Waals surface area contributed by atoms with Crippen LogP contribution in [0, 0.1) is 0 Å². The summed E-state index contributed by atoms with van der Waals surface area (Å²) in [5, 5.41) is 9.83. The highest BCUT2D eigenvalue weighted by atomic mass is 32.1. The zero-order valence-corrected chi connectivity index (χ0v) is 16.3. The smallest absolute Gasteiger partial charge is 0.170 e. The van der Waals surface area contributed by atoms with E-state index in [1.54, 1.807) is 0 Å². The summed E-state index contributed by atoms with van der Waals surface area (Å²) in [7, 11) is 0. The minimum Gasteiger partial charge on any atom is -0.362 e. The molecule has 0 unspecified atom stereocenters. The van der Waals surface area contributed by atoms with Crippen molar-refractivity contribution < 1.29 is 0 Å². The van der Waals surface area contributed by atoms with Gasteiger partial charge in [0.1, 0.15) is 0 Å². The Balaban J connectivity index is 1.58. The molecule has 0 aliphatic heterocycles. The minimum absolute atomic E-state index is 0.718. The van der Waals surface area contributed by atoms with Crippen LogP contribution in [0.15, 0.2) is 42.5 Å². The van der Waals surface area contributed by atoms with E-state index in [4.69, 9.17) is 12.2 Å². The molecule has 2 rings (SSSR count). The quantitative estimate of drug-likeness (QED) is 0.348. The highest BCUT2D eigenvalue weighted by molar-refractivity contribution is 7.80. The SMILES string of the molecule is CCCCCCCCCCCNC(=S)Nc1cccc2ccccc12. The van der Waals surface area contributed by atoms with E-state index < -0.39 is 0 Å². The van der Waals surface area contributed by atoms with Crippen molar-refractivity contribution in [1.82, 2.24) is 5.32 Å². The molecule has 2 nitrogen and oxygen atoms in total. The molecular formula is C22H32N2S. The molecule has 136 valence electrons. The summed E-state index contributed by atoms with van der Waals surface area (Å²) in [5.41, 5.74) is 1.07. The number of fused-ring (bicyclic) bond motifs is 1. The fourth-order valence-electron chi connectivity index (χ4n) is 3.14. The third kappa shape index (κ3) is 7.43. The lowest BCUT2D eigenvalue weighted by Gasteiger charge is -2.12. The van der Waals surface area contributed by atoms with Gasteiger partial charge in [0, 0.05) is 17.6 Å². The van der Waals surface area contributed by atoms with E-state index in [2.05, 4.69) is 60.0 Å². The van der Waals surface area contributed by atoms with E-state index in [0.717, 1.165) is 17.3 Å². The fraction of sp³-hybridized carbons (Fsp3) is 0.500. The van der Waals surface area contributed by atoms with E-state index in [0.29, 0.717) is 0 Å². The zero-order valence-electron chi connectivity index (χ0n) is 15.5. The van der Waals surface area contributed by atoms with Crippen LogP contribution in [-0.4, -0.2) is 11.7 Å². The first kappa shape index (κ1) is 19.7. The van der Waals surface area contributed by atoms with Gasteiger partial charge >= 0.3 is 0 Å². The molecule has 0 aliphatic carbocycles. The van der Waals surface area contributed by atoms with E-state index in [1.165, 1.54) is 68.6 Å². The number of rotatable bonds is 11. The fourth-order valence-corrected chi connectivity index (χ4v) is 3.35. The lowest BCUT2D eigenvalue weighted by molar-refractivity contribution is 0.563. The molecule has 2 aromatic carbocycles. The number of thiocarbonyl (C=S) groups is 1. The summed E-state index contributed by atoms with van der Waals surface area (Å²) in [4.78, 5) is 0. The average molecular weight is 357 g/mol. The van der Waals surface area contributed by atoms with Gasteiger partial charge in [-0.2, -0.15) is 0 Å². The number of benzene rings is 2. The lowest BCUT2D eigenvalue weighted by atomic mass is 10.1. The Bertz CT molecular complexity index is 633. The molecule has 2 aromatic rings. The molecule has 0 heterocycles. The van der Waals surface area contributed by atoms with Crippen LogP contribution in [0.4, 0.5) is 5.69 Å². The van der Waals surface area contributed by atoms with Crippen LogP contribution in [0.1, 0.15) is 64.7 Å². The number of nitrogens with one attached hydrogen (secondary N) is 2. The molecule has 0 amide bonds. The standard InChI is InChI=1S/C22H32N2S/c1-2-3-4-5-6-7-8-9-12-18-23-22(25)24-21-17-13-15-19-14-10-11-16-20(19)21/h10-11,13-17H,2-9,12,18H2,1H3,(H2,23,24,25). The Morgan fingerprint density at radius 3 is 2.20 bits per heavy atom. The summed E-state index contributed by atoms with van der Waals surface area (Å²) >= 11 is 5.44. The molecule has 0 aromatic heterocycles. The van der Waals surface area contributed by atoms with E-state index in [1.807, 2.05) is 0 Å². The van der Waals surface area contributed by atoms with Crippen LogP contribution in [0.3, 0.4) is 0 Å². The molecule has 0 radical (unpaired) electrons. The zero-order chi connectivity index (χ0) is 17.7. The first-order valence-electron chi connectivity index (χ1n) is 9.84. The molecule has 2 N–H and O–H groups in total. The third-order valence-corrected chi connectivity index (χ3v) is 4.85. The number of anilines is 1. The van der Waals surface area contributed by atoms with Crippen LogP contribution >= 0.6 is 12.2 Å². The summed E-state index contributed by atoms with van der Waals surface area (Å²) in [6.45, 7) is 3.22. The van der Waals surface area contributed by atoms with Crippen molar-refractivity contribution in [3.05, 3.63) is 42.5 Å². The Labute approximate surface area is 158 Å². The van der Waals surface area contributed by atoms with Crippen molar-refractivity contribution in [3.63, 3.8) is 0 Å². The van der Waals surface area contributed by atoms with Gasteiger partial charge in [-0.05, 0) is 30.1 Å². The Hall–Kier alpha value is -1.61. The maximum atomic E-state index is 5.44. The molecule has 25 heavy (non-hydrogen) atoms. The van der Waals surface area contributed by atoms with Gasteiger partial charge in [-0.25, -0.2) is 0 Å². The van der Waals surface area contributed by atoms with Gasteiger partial charge in [0.25, 0.3) is 0 Å². The predicted molar refractivity (Wildman–Crippen MR) is 115 cm³/mol. The van der Waals surface area contributed by atoms with Crippen molar-refractivity contribution in [2.24, 2.45) is 0 Å². The van der Waals surface area contributed by atoms with Gasteiger partial charge in [-0.1, -0.05) is 94.7 Å². The van der Waals surface area contributed by atoms with E-state index >= 15 is 0 Å². The molecule has 0 fully saturated rings. The highest BCUT2D eigenvalue weighted by Gasteiger charge is 2.02. The van der Waals surface area contributed by atoms with Crippen LogP contribution < -0.4 is 10.6 Å². The van der Waals surface area contributed by atoms with Crippen molar-refractivity contribution >= 4 is 33.8 Å². The van der Waals surface area contributed by atoms with Gasteiger partial charge in [0.15, 0.2) is 5.11 Å². The summed E-state index contributed by atoms with van der Waals surface area (Å²) in [5.74, 6) is 0. The second-order valence-corrected chi connectivity index (χ2v) is 7.14. The molecule has 0 saturated heterocycles. The van der Waals surface area contributed by atoms with Gasteiger partial charge < -0.3 is 10.6 Å². The summed E-state index contributed by atoms with van der Waals surface area (Å²) < 4.78 is 0. The van der Waals surface area contributed by atoms with Crippen LogP contribution in [-0.2, 0) is 0 Å². The topological polar surface area (TPSA) is 24.1 Å². The van der Waals surface area contributed by atoms with Gasteiger partial charge in [0.2, 0.25) is 0 Å². The molecule has 0 aliphatic rings. The molecule has 0 saturated carbocycles. The van der Waals surface area contributed by atoms with Crippen molar-refractivity contribution in [2.75, 3.05) is 11.9 Å². The van der Waals surface area contributed by atoms with Crippen LogP contribution in [0.5, 0.6) is 0 Å². The van der Waals surface area contributed by atoms with Crippen molar-refractivity contribution in [3.8, 4) is 0 Å². The molecule has 0 spiro atoms. The van der Waals surface area contributed by atoms with Crippen molar-refractivity contribution in [1.29, 1.82) is 0 Å². The predicted octanol–water partition coefficient (Wildman–Crippen LogP) is 6.66. The van der Waals surface area contributed by atoms with Crippen LogP contribution in [0.2, 0.25) is 0 Å². The Morgan fingerprint density at radius 2 is 1.44 bits per heavy atom. The van der Waals surface area contributed by atoms with E-state index in [-0.39, 0.29) is 0 Å². The molecule has 0 bridgehead atoms. The van der Waals surface area contributed by atoms with Crippen LogP contribution in [0.25, 0.3) is 10.8 Å². The Morgan fingerprint density at radius 1 is 0.800 bits per heavy atom. The van der Waals surface area contributed by atoms with Crippen molar-refractivity contribution in [2.45, 2.75) is 64.7 Å². The maximum absolute atomic E-state index is 5.44. The molecule has 3 heteroatoms. The molecular weight excluding hydrogens is 324 g/mol. The first-order valence-corrected chi connectivity index (χ1v) is 10.2.